The first-order valence-electron chi connectivity index (χ1n) is 19.1. The Hall–Kier alpha value is -6.72. The second-order valence-electron chi connectivity index (χ2n) is 14.1. The fraction of sp³-hybridized carbons (Fsp3) is 0. The van der Waals surface area contributed by atoms with Crippen molar-refractivity contribution in [3.8, 4) is 55.1 Å². The van der Waals surface area contributed by atoms with Crippen LogP contribution in [0.2, 0.25) is 0 Å². The molecule has 0 radical (unpaired) electrons. The Balaban J connectivity index is 1.15. The molecule has 0 aliphatic carbocycles. The molecular formula is C53H36N2S2. The van der Waals surface area contributed by atoms with Gasteiger partial charge in [0.15, 0.2) is 0 Å². The molecule has 9 aromatic carbocycles. The number of hydrogen-bond acceptors (Lipinski definition) is 4. The summed E-state index contributed by atoms with van der Waals surface area (Å²) >= 11 is 6.85. The molecule has 4 heteroatoms. The van der Waals surface area contributed by atoms with Gasteiger partial charge in [0.1, 0.15) is 5.01 Å². The molecule has 0 amide bonds. The van der Waals surface area contributed by atoms with Crippen molar-refractivity contribution in [3.05, 3.63) is 212 Å². The van der Waals surface area contributed by atoms with Crippen LogP contribution in [0.25, 0.3) is 76.1 Å². The minimum absolute atomic E-state index is 0.905. The molecule has 10 aromatic rings. The maximum absolute atomic E-state index is 5.14. The third-order valence-corrected chi connectivity index (χ3v) is 12.1. The zero-order chi connectivity index (χ0) is 38.1. The van der Waals surface area contributed by atoms with E-state index in [4.69, 9.17) is 17.6 Å². The first-order valence-corrected chi connectivity index (χ1v) is 20.4. The van der Waals surface area contributed by atoms with Crippen molar-refractivity contribution < 1.29 is 0 Å². The van der Waals surface area contributed by atoms with Crippen LogP contribution in [-0.2, 0) is 0 Å². The Labute approximate surface area is 342 Å². The van der Waals surface area contributed by atoms with Gasteiger partial charge in [0.05, 0.1) is 10.2 Å². The number of nitrogens with zero attached hydrogens (tertiary/aromatic N) is 2. The first kappa shape index (κ1) is 34.7. The van der Waals surface area contributed by atoms with Crippen molar-refractivity contribution in [2.24, 2.45) is 0 Å². The molecule has 270 valence electrons. The number of fused-ring (bicyclic) bond motifs is 2. The quantitative estimate of drug-likeness (QED) is 0.155. The smallest absolute Gasteiger partial charge is 0.124 e. The lowest BCUT2D eigenvalue weighted by atomic mass is 9.93. The summed E-state index contributed by atoms with van der Waals surface area (Å²) in [4.78, 5) is 8.42. The number of benzene rings is 9. The molecule has 1 heterocycles. The highest BCUT2D eigenvalue weighted by molar-refractivity contribution is 7.80. The van der Waals surface area contributed by atoms with Gasteiger partial charge in [-0.2, -0.15) is 0 Å². The third kappa shape index (κ3) is 6.69. The van der Waals surface area contributed by atoms with Crippen molar-refractivity contribution in [3.63, 3.8) is 0 Å². The van der Waals surface area contributed by atoms with E-state index in [2.05, 4.69) is 211 Å². The summed E-state index contributed by atoms with van der Waals surface area (Å²) in [6.07, 6.45) is 0. The predicted octanol–water partition coefficient (Wildman–Crippen LogP) is 15.5. The van der Waals surface area contributed by atoms with Crippen LogP contribution in [0, 0.1) is 0 Å². The fourth-order valence-corrected chi connectivity index (χ4v) is 9.35. The van der Waals surface area contributed by atoms with Crippen LogP contribution in [0.4, 0.5) is 17.1 Å². The van der Waals surface area contributed by atoms with E-state index < -0.39 is 0 Å². The number of anilines is 3. The van der Waals surface area contributed by atoms with Crippen molar-refractivity contribution >= 4 is 62.0 Å². The standard InChI is InChI=1S/C53H36N2S2/c56-49-35-48-52(57-53(54-48)41-21-11-4-12-22-41)51(50(49)39-19-9-3-10-20-39)40-27-31-44(32-28-40)55(43-29-25-37(26-30-43)36-15-5-1-6-16-36)45-33-42-23-13-14-24-46(42)47(34-45)38-17-7-2-8-18-38/h1-35,56H. The summed E-state index contributed by atoms with van der Waals surface area (Å²) in [5.41, 5.74) is 14.6. The van der Waals surface area contributed by atoms with Crippen LogP contribution in [0.1, 0.15) is 0 Å². The maximum atomic E-state index is 5.14. The second-order valence-corrected chi connectivity index (χ2v) is 15.6. The zero-order valence-corrected chi connectivity index (χ0v) is 32.7. The van der Waals surface area contributed by atoms with Crippen molar-refractivity contribution in [1.29, 1.82) is 0 Å². The lowest BCUT2D eigenvalue weighted by molar-refractivity contribution is 1.29. The van der Waals surface area contributed by atoms with Crippen molar-refractivity contribution in [2.75, 3.05) is 4.90 Å². The molecule has 0 spiro atoms. The number of thiazole rings is 1. The minimum Gasteiger partial charge on any atom is -0.310 e. The van der Waals surface area contributed by atoms with Gasteiger partial charge in [-0.25, -0.2) is 4.98 Å². The van der Waals surface area contributed by atoms with E-state index in [1.54, 1.807) is 11.3 Å². The molecule has 0 saturated heterocycles. The summed E-state index contributed by atoms with van der Waals surface area (Å²) < 4.78 is 1.15. The maximum Gasteiger partial charge on any atom is 0.124 e. The average molecular weight is 765 g/mol. The highest BCUT2D eigenvalue weighted by Gasteiger charge is 2.21. The fourth-order valence-electron chi connectivity index (χ4n) is 7.87. The van der Waals surface area contributed by atoms with Crippen LogP contribution in [0.3, 0.4) is 0 Å². The molecule has 2 nitrogen and oxygen atoms in total. The van der Waals surface area contributed by atoms with Crippen LogP contribution >= 0.6 is 24.0 Å². The molecule has 0 aliphatic rings. The zero-order valence-electron chi connectivity index (χ0n) is 31.0. The van der Waals surface area contributed by atoms with E-state index >= 15 is 0 Å². The Morgan fingerprint density at radius 3 is 1.53 bits per heavy atom. The van der Waals surface area contributed by atoms with Gasteiger partial charge in [0.25, 0.3) is 0 Å². The predicted molar refractivity (Wildman–Crippen MR) is 246 cm³/mol. The summed E-state index contributed by atoms with van der Waals surface area (Å²) in [7, 11) is 0. The van der Waals surface area contributed by atoms with E-state index in [0.717, 1.165) is 65.0 Å². The Morgan fingerprint density at radius 1 is 0.404 bits per heavy atom. The average Bonchev–Trinajstić information content (AvgIpc) is 3.71. The molecular weight excluding hydrogens is 729 g/mol. The summed E-state index contributed by atoms with van der Waals surface area (Å²) in [5.74, 6) is 0. The Kier molecular flexibility index (Phi) is 9.19. The van der Waals surface area contributed by atoms with Gasteiger partial charge in [0, 0.05) is 38.6 Å². The number of thiol groups is 1. The van der Waals surface area contributed by atoms with Crippen LogP contribution < -0.4 is 4.90 Å². The van der Waals surface area contributed by atoms with Gasteiger partial charge < -0.3 is 4.90 Å². The molecule has 0 atom stereocenters. The number of rotatable bonds is 8. The van der Waals surface area contributed by atoms with Crippen LogP contribution in [-0.4, -0.2) is 4.98 Å². The topological polar surface area (TPSA) is 16.1 Å². The second kappa shape index (κ2) is 15.1. The normalized spacial score (nSPS) is 11.2. The van der Waals surface area contributed by atoms with E-state index in [9.17, 15) is 0 Å². The largest absolute Gasteiger partial charge is 0.310 e. The minimum atomic E-state index is 0.905. The van der Waals surface area contributed by atoms with Gasteiger partial charge in [0.2, 0.25) is 0 Å². The van der Waals surface area contributed by atoms with E-state index in [1.807, 2.05) is 6.07 Å². The number of aromatic nitrogens is 1. The molecule has 1 aromatic heterocycles. The Bertz CT molecular complexity index is 2980. The molecule has 0 bridgehead atoms. The lowest BCUT2D eigenvalue weighted by Crippen LogP contribution is -2.10. The third-order valence-electron chi connectivity index (χ3n) is 10.6. The van der Waals surface area contributed by atoms with Crippen molar-refractivity contribution in [2.45, 2.75) is 4.90 Å². The lowest BCUT2D eigenvalue weighted by Gasteiger charge is -2.27. The van der Waals surface area contributed by atoms with Gasteiger partial charge in [-0.1, -0.05) is 170 Å². The summed E-state index contributed by atoms with van der Waals surface area (Å²) in [5, 5.41) is 3.42. The molecule has 0 aliphatic heterocycles. The molecule has 0 saturated carbocycles. The van der Waals surface area contributed by atoms with Gasteiger partial charge in [-0.15, -0.1) is 24.0 Å². The summed E-state index contributed by atoms with van der Waals surface area (Å²) in [6, 6.07) is 75.7. The van der Waals surface area contributed by atoms with Gasteiger partial charge >= 0.3 is 0 Å². The highest BCUT2D eigenvalue weighted by atomic mass is 32.1. The first-order chi connectivity index (χ1) is 28.2. The van der Waals surface area contributed by atoms with Crippen LogP contribution in [0.15, 0.2) is 217 Å². The number of hydrogen-bond donors (Lipinski definition) is 1. The molecule has 0 unspecified atom stereocenters. The SMILES string of the molecule is Sc1cc2nc(-c3ccccc3)sc2c(-c2ccc(N(c3ccc(-c4ccccc4)cc3)c3cc(-c4ccccc4)c4ccccc4c3)cc2)c1-c1ccccc1. The van der Waals surface area contributed by atoms with E-state index in [-0.39, 0.29) is 0 Å². The van der Waals surface area contributed by atoms with Crippen molar-refractivity contribution in [1.82, 2.24) is 4.98 Å². The molecule has 0 N–H and O–H groups in total. The Morgan fingerprint density at radius 2 is 0.895 bits per heavy atom. The molecule has 0 fully saturated rings. The van der Waals surface area contributed by atoms with E-state index in [1.165, 1.54) is 33.0 Å². The highest BCUT2D eigenvalue weighted by Crippen LogP contribution is 2.47. The monoisotopic (exact) mass is 764 g/mol. The molecule has 57 heavy (non-hydrogen) atoms. The summed E-state index contributed by atoms with van der Waals surface area (Å²) in [6.45, 7) is 0. The molecule has 10 rings (SSSR count). The van der Waals surface area contributed by atoms with Gasteiger partial charge in [-0.3, -0.25) is 0 Å². The van der Waals surface area contributed by atoms with E-state index in [0.29, 0.717) is 0 Å². The van der Waals surface area contributed by atoms with Crippen LogP contribution in [0.5, 0.6) is 0 Å². The van der Waals surface area contributed by atoms with Gasteiger partial charge in [-0.05, 0) is 86.6 Å².